The van der Waals surface area contributed by atoms with Gasteiger partial charge in [-0.15, -0.1) is 0 Å². The molecule has 1 atom stereocenters. The van der Waals surface area contributed by atoms with E-state index in [2.05, 4.69) is 49.1 Å². The molecule has 0 aliphatic carbocycles. The Kier molecular flexibility index (Phi) is 3.42. The van der Waals surface area contributed by atoms with Crippen molar-refractivity contribution < 1.29 is 0 Å². The highest BCUT2D eigenvalue weighted by molar-refractivity contribution is 5.14. The van der Waals surface area contributed by atoms with E-state index in [1.54, 1.807) is 0 Å². The first-order valence-electron chi connectivity index (χ1n) is 6.02. The third kappa shape index (κ3) is 2.82. The smallest absolute Gasteiger partial charge is 0.0233 e. The van der Waals surface area contributed by atoms with E-state index in [0.29, 0.717) is 0 Å². The molecule has 0 aromatic heterocycles. The van der Waals surface area contributed by atoms with Gasteiger partial charge in [-0.3, -0.25) is 4.90 Å². The van der Waals surface area contributed by atoms with Crippen LogP contribution in [0.5, 0.6) is 0 Å². The van der Waals surface area contributed by atoms with E-state index in [4.69, 9.17) is 0 Å². The van der Waals surface area contributed by atoms with Crippen LogP contribution in [-0.4, -0.2) is 18.0 Å². The number of nitrogens with zero attached hydrogens (tertiary/aromatic N) is 1. The largest absolute Gasteiger partial charge is 0.299 e. The fourth-order valence-electron chi connectivity index (χ4n) is 2.39. The minimum atomic E-state index is 0.839. The second-order valence-electron chi connectivity index (χ2n) is 5.01. The summed E-state index contributed by atoms with van der Waals surface area (Å²) < 4.78 is 0. The molecule has 0 spiro atoms. The summed E-state index contributed by atoms with van der Waals surface area (Å²) in [7, 11) is 0. The van der Waals surface area contributed by atoms with Crippen LogP contribution in [0.25, 0.3) is 0 Å². The van der Waals surface area contributed by atoms with Crippen LogP contribution in [0.3, 0.4) is 0 Å². The van der Waals surface area contributed by atoms with Gasteiger partial charge in [-0.25, -0.2) is 0 Å². The molecule has 1 heteroatoms. The maximum Gasteiger partial charge on any atom is 0.0233 e. The zero-order valence-electron chi connectivity index (χ0n) is 9.82. The number of rotatable bonds is 3. The maximum atomic E-state index is 2.58. The first-order chi connectivity index (χ1) is 7.25. The fraction of sp³-hybridized carbons (Fsp3) is 0.571. The Hall–Kier alpha value is -0.820. The molecule has 1 heterocycles. The van der Waals surface area contributed by atoms with Crippen LogP contribution in [0.4, 0.5) is 0 Å². The Morgan fingerprint density at radius 2 is 2.00 bits per heavy atom. The number of hydrogen-bond donors (Lipinski definition) is 0. The molecule has 1 aromatic rings. The van der Waals surface area contributed by atoms with E-state index in [1.165, 1.54) is 25.1 Å². The van der Waals surface area contributed by atoms with Gasteiger partial charge in [0.1, 0.15) is 0 Å². The van der Waals surface area contributed by atoms with Crippen molar-refractivity contribution in [2.24, 2.45) is 11.8 Å². The molecular weight excluding hydrogens is 182 g/mol. The molecule has 82 valence electrons. The quantitative estimate of drug-likeness (QED) is 0.729. The first kappa shape index (κ1) is 10.7. The third-order valence-electron chi connectivity index (χ3n) is 3.50. The van der Waals surface area contributed by atoms with Crippen molar-refractivity contribution in [2.75, 3.05) is 13.1 Å². The van der Waals surface area contributed by atoms with E-state index in [9.17, 15) is 0 Å². The van der Waals surface area contributed by atoms with Gasteiger partial charge in [0, 0.05) is 13.1 Å². The van der Waals surface area contributed by atoms with Crippen molar-refractivity contribution in [2.45, 2.75) is 26.8 Å². The van der Waals surface area contributed by atoms with Crippen molar-refractivity contribution in [1.82, 2.24) is 4.90 Å². The van der Waals surface area contributed by atoms with Crippen LogP contribution in [0.2, 0.25) is 0 Å². The molecule has 1 aliphatic rings. The molecule has 0 N–H and O–H groups in total. The van der Waals surface area contributed by atoms with Crippen LogP contribution in [-0.2, 0) is 6.54 Å². The van der Waals surface area contributed by atoms with Gasteiger partial charge in [0.05, 0.1) is 0 Å². The topological polar surface area (TPSA) is 3.24 Å². The van der Waals surface area contributed by atoms with Gasteiger partial charge in [-0.05, 0) is 30.4 Å². The first-order valence-corrected chi connectivity index (χ1v) is 6.02. The van der Waals surface area contributed by atoms with Gasteiger partial charge in [-0.2, -0.15) is 0 Å². The van der Waals surface area contributed by atoms with E-state index < -0.39 is 0 Å². The summed E-state index contributed by atoms with van der Waals surface area (Å²) in [6.45, 7) is 8.38. The summed E-state index contributed by atoms with van der Waals surface area (Å²) in [6, 6.07) is 10.8. The van der Waals surface area contributed by atoms with Gasteiger partial charge in [0.15, 0.2) is 0 Å². The summed E-state index contributed by atoms with van der Waals surface area (Å²) in [5.41, 5.74) is 1.45. The second kappa shape index (κ2) is 4.80. The van der Waals surface area contributed by atoms with Crippen molar-refractivity contribution in [3.8, 4) is 0 Å². The maximum absolute atomic E-state index is 2.58. The molecule has 1 unspecified atom stereocenters. The van der Waals surface area contributed by atoms with Crippen molar-refractivity contribution in [3.63, 3.8) is 0 Å². The number of hydrogen-bond acceptors (Lipinski definition) is 1. The molecular formula is C14H21N. The van der Waals surface area contributed by atoms with E-state index in [-0.39, 0.29) is 0 Å². The molecule has 1 aromatic carbocycles. The lowest BCUT2D eigenvalue weighted by atomic mass is 9.95. The summed E-state index contributed by atoms with van der Waals surface area (Å²) in [4.78, 5) is 2.58. The molecule has 15 heavy (non-hydrogen) atoms. The summed E-state index contributed by atoms with van der Waals surface area (Å²) >= 11 is 0. The third-order valence-corrected chi connectivity index (χ3v) is 3.50. The SMILES string of the molecule is CC(C)C1CCN(Cc2ccccc2)C1. The van der Waals surface area contributed by atoms with Gasteiger partial charge in [0.25, 0.3) is 0 Å². The van der Waals surface area contributed by atoms with Gasteiger partial charge < -0.3 is 0 Å². The van der Waals surface area contributed by atoms with Crippen LogP contribution in [0.1, 0.15) is 25.8 Å². The molecule has 1 nitrogen and oxygen atoms in total. The summed E-state index contributed by atoms with van der Waals surface area (Å²) in [6.07, 6.45) is 1.38. The zero-order chi connectivity index (χ0) is 10.7. The summed E-state index contributed by atoms with van der Waals surface area (Å²) in [5.74, 6) is 1.75. The average molecular weight is 203 g/mol. The molecule has 0 bridgehead atoms. The highest BCUT2D eigenvalue weighted by atomic mass is 15.1. The van der Waals surface area contributed by atoms with Crippen molar-refractivity contribution in [3.05, 3.63) is 35.9 Å². The molecule has 0 radical (unpaired) electrons. The van der Waals surface area contributed by atoms with E-state index in [1.807, 2.05) is 0 Å². The Morgan fingerprint density at radius 1 is 1.27 bits per heavy atom. The van der Waals surface area contributed by atoms with Crippen LogP contribution in [0.15, 0.2) is 30.3 Å². The lowest BCUT2D eigenvalue weighted by Gasteiger charge is -2.17. The molecule has 0 amide bonds. The minimum Gasteiger partial charge on any atom is -0.299 e. The average Bonchev–Trinajstić information content (AvgIpc) is 2.68. The van der Waals surface area contributed by atoms with Gasteiger partial charge in [-0.1, -0.05) is 44.2 Å². The molecule has 1 aliphatic heterocycles. The van der Waals surface area contributed by atoms with Crippen LogP contribution >= 0.6 is 0 Å². The minimum absolute atomic E-state index is 0.839. The van der Waals surface area contributed by atoms with Crippen molar-refractivity contribution in [1.29, 1.82) is 0 Å². The second-order valence-corrected chi connectivity index (χ2v) is 5.01. The van der Waals surface area contributed by atoms with Crippen molar-refractivity contribution >= 4 is 0 Å². The van der Waals surface area contributed by atoms with Gasteiger partial charge >= 0.3 is 0 Å². The monoisotopic (exact) mass is 203 g/mol. The highest BCUT2D eigenvalue weighted by Gasteiger charge is 2.24. The lowest BCUT2D eigenvalue weighted by Crippen LogP contribution is -2.21. The van der Waals surface area contributed by atoms with E-state index in [0.717, 1.165) is 18.4 Å². The predicted molar refractivity (Wildman–Crippen MR) is 64.7 cm³/mol. The standard InChI is InChI=1S/C14H21N/c1-12(2)14-8-9-15(11-14)10-13-6-4-3-5-7-13/h3-7,12,14H,8-11H2,1-2H3. The van der Waals surface area contributed by atoms with Crippen LogP contribution in [0, 0.1) is 11.8 Å². The molecule has 2 rings (SSSR count). The van der Waals surface area contributed by atoms with E-state index >= 15 is 0 Å². The highest BCUT2D eigenvalue weighted by Crippen LogP contribution is 2.24. The zero-order valence-corrected chi connectivity index (χ0v) is 9.82. The normalized spacial score (nSPS) is 22.5. The molecule has 0 saturated carbocycles. The summed E-state index contributed by atoms with van der Waals surface area (Å²) in [5, 5.41) is 0. The lowest BCUT2D eigenvalue weighted by molar-refractivity contribution is 0.297. The Labute approximate surface area is 93.1 Å². The Morgan fingerprint density at radius 3 is 2.60 bits per heavy atom. The molecule has 1 fully saturated rings. The Balaban J connectivity index is 1.88. The number of likely N-dealkylation sites (tertiary alicyclic amines) is 1. The Bertz CT molecular complexity index is 291. The molecule has 1 saturated heterocycles. The number of benzene rings is 1. The predicted octanol–water partition coefficient (Wildman–Crippen LogP) is 3.16. The fourth-order valence-corrected chi connectivity index (χ4v) is 2.39. The van der Waals surface area contributed by atoms with Crippen LogP contribution < -0.4 is 0 Å². The van der Waals surface area contributed by atoms with Gasteiger partial charge in [0.2, 0.25) is 0 Å².